The Morgan fingerprint density at radius 2 is 2.00 bits per heavy atom. The molecule has 0 aromatic heterocycles. The van der Waals surface area contributed by atoms with E-state index in [2.05, 4.69) is 32.7 Å². The fraction of sp³-hybridized carbons (Fsp3) is 0.875. The third-order valence-corrected chi connectivity index (χ3v) is 1.54. The van der Waals surface area contributed by atoms with Gasteiger partial charge in [-0.3, -0.25) is 4.99 Å². The largest absolute Gasteiger partial charge is 0.291 e. The third-order valence-electron chi connectivity index (χ3n) is 1.54. The first-order chi connectivity index (χ1) is 4.20. The smallest absolute Gasteiger partial charge is 0.0468 e. The fourth-order valence-electron chi connectivity index (χ4n) is 0.559. The summed E-state index contributed by atoms with van der Waals surface area (Å²) in [7, 11) is 0. The van der Waals surface area contributed by atoms with Crippen molar-refractivity contribution >= 4 is 5.71 Å². The first kappa shape index (κ1) is 8.67. The minimum absolute atomic E-state index is 0.518. The van der Waals surface area contributed by atoms with Crippen molar-refractivity contribution in [3.8, 4) is 0 Å². The van der Waals surface area contributed by atoms with Crippen molar-refractivity contribution in [2.24, 2.45) is 4.99 Å². The second-order valence-electron chi connectivity index (χ2n) is 2.48. The zero-order valence-electron chi connectivity index (χ0n) is 6.94. The SMILES string of the molecule is CC/C(C)=N\C(C)CC. The monoisotopic (exact) mass is 127 g/mol. The molecule has 0 bridgehead atoms. The normalized spacial score (nSPS) is 15.8. The molecule has 0 aromatic rings. The Kier molecular flexibility index (Phi) is 4.37. The van der Waals surface area contributed by atoms with E-state index in [1.54, 1.807) is 0 Å². The molecule has 0 saturated carbocycles. The Morgan fingerprint density at radius 1 is 1.44 bits per heavy atom. The van der Waals surface area contributed by atoms with Gasteiger partial charge in [0.15, 0.2) is 0 Å². The van der Waals surface area contributed by atoms with E-state index in [0.29, 0.717) is 6.04 Å². The van der Waals surface area contributed by atoms with Gasteiger partial charge in [-0.1, -0.05) is 13.8 Å². The Bertz CT molecular complexity index is 94.7. The van der Waals surface area contributed by atoms with Crippen LogP contribution in [-0.4, -0.2) is 11.8 Å². The molecular formula is C8H17N. The van der Waals surface area contributed by atoms with Crippen LogP contribution in [-0.2, 0) is 0 Å². The van der Waals surface area contributed by atoms with Crippen molar-refractivity contribution in [1.82, 2.24) is 0 Å². The van der Waals surface area contributed by atoms with E-state index >= 15 is 0 Å². The van der Waals surface area contributed by atoms with Crippen LogP contribution in [0.5, 0.6) is 0 Å². The molecule has 0 aromatic carbocycles. The Balaban J connectivity index is 3.64. The molecule has 0 radical (unpaired) electrons. The van der Waals surface area contributed by atoms with Crippen LogP contribution in [0.2, 0.25) is 0 Å². The van der Waals surface area contributed by atoms with Crippen molar-refractivity contribution in [3.63, 3.8) is 0 Å². The van der Waals surface area contributed by atoms with Crippen LogP contribution in [0.3, 0.4) is 0 Å². The van der Waals surface area contributed by atoms with Crippen LogP contribution in [0.25, 0.3) is 0 Å². The summed E-state index contributed by atoms with van der Waals surface area (Å²) < 4.78 is 0. The Morgan fingerprint density at radius 3 is 2.33 bits per heavy atom. The highest BCUT2D eigenvalue weighted by molar-refractivity contribution is 5.81. The summed E-state index contributed by atoms with van der Waals surface area (Å²) in [4.78, 5) is 4.43. The van der Waals surface area contributed by atoms with E-state index in [1.807, 2.05) is 0 Å². The van der Waals surface area contributed by atoms with Crippen LogP contribution < -0.4 is 0 Å². The fourth-order valence-corrected chi connectivity index (χ4v) is 0.559. The molecule has 1 nitrogen and oxygen atoms in total. The minimum atomic E-state index is 0.518. The molecule has 1 unspecified atom stereocenters. The lowest BCUT2D eigenvalue weighted by Crippen LogP contribution is -1.99. The molecule has 9 heavy (non-hydrogen) atoms. The Labute approximate surface area is 58.2 Å². The van der Waals surface area contributed by atoms with Gasteiger partial charge in [-0.25, -0.2) is 0 Å². The lowest BCUT2D eigenvalue weighted by Gasteiger charge is -2.02. The average molecular weight is 127 g/mol. The van der Waals surface area contributed by atoms with Crippen molar-refractivity contribution in [1.29, 1.82) is 0 Å². The maximum absolute atomic E-state index is 4.43. The highest BCUT2D eigenvalue weighted by Gasteiger charge is 1.92. The van der Waals surface area contributed by atoms with Crippen LogP contribution in [0.1, 0.15) is 40.5 Å². The summed E-state index contributed by atoms with van der Waals surface area (Å²) in [6.07, 6.45) is 2.24. The van der Waals surface area contributed by atoms with Crippen molar-refractivity contribution in [3.05, 3.63) is 0 Å². The van der Waals surface area contributed by atoms with E-state index in [4.69, 9.17) is 0 Å². The molecule has 0 N–H and O–H groups in total. The van der Waals surface area contributed by atoms with Gasteiger partial charge in [-0.2, -0.15) is 0 Å². The number of nitrogens with zero attached hydrogens (tertiary/aromatic N) is 1. The topological polar surface area (TPSA) is 12.4 Å². The second-order valence-corrected chi connectivity index (χ2v) is 2.48. The van der Waals surface area contributed by atoms with Crippen LogP contribution >= 0.6 is 0 Å². The van der Waals surface area contributed by atoms with Crippen LogP contribution in [0, 0.1) is 0 Å². The van der Waals surface area contributed by atoms with Gasteiger partial charge in [0.05, 0.1) is 0 Å². The second kappa shape index (κ2) is 4.54. The van der Waals surface area contributed by atoms with E-state index < -0.39 is 0 Å². The van der Waals surface area contributed by atoms with Gasteiger partial charge in [0.1, 0.15) is 0 Å². The van der Waals surface area contributed by atoms with E-state index in [1.165, 1.54) is 5.71 Å². The van der Waals surface area contributed by atoms with E-state index in [0.717, 1.165) is 12.8 Å². The molecule has 0 aliphatic heterocycles. The third kappa shape index (κ3) is 4.19. The molecule has 0 amide bonds. The lowest BCUT2D eigenvalue weighted by atomic mass is 10.2. The number of aliphatic imine (C=N–C) groups is 1. The van der Waals surface area contributed by atoms with Gasteiger partial charge in [-0.05, 0) is 26.7 Å². The van der Waals surface area contributed by atoms with Crippen LogP contribution in [0.4, 0.5) is 0 Å². The van der Waals surface area contributed by atoms with Crippen molar-refractivity contribution in [2.75, 3.05) is 0 Å². The van der Waals surface area contributed by atoms with Crippen LogP contribution in [0.15, 0.2) is 4.99 Å². The number of hydrogen-bond donors (Lipinski definition) is 0. The average Bonchev–Trinajstić information content (AvgIpc) is 1.87. The lowest BCUT2D eigenvalue weighted by molar-refractivity contribution is 0.714. The van der Waals surface area contributed by atoms with Gasteiger partial charge < -0.3 is 0 Å². The molecule has 0 aliphatic carbocycles. The van der Waals surface area contributed by atoms with Gasteiger partial charge in [0.2, 0.25) is 0 Å². The Hall–Kier alpha value is -0.330. The highest BCUT2D eigenvalue weighted by Crippen LogP contribution is 1.96. The van der Waals surface area contributed by atoms with Gasteiger partial charge in [0.25, 0.3) is 0 Å². The predicted molar refractivity (Wildman–Crippen MR) is 43.2 cm³/mol. The highest BCUT2D eigenvalue weighted by atomic mass is 14.8. The summed E-state index contributed by atoms with van der Waals surface area (Å²) in [5.41, 5.74) is 1.27. The van der Waals surface area contributed by atoms with Gasteiger partial charge in [0, 0.05) is 11.8 Å². The minimum Gasteiger partial charge on any atom is -0.291 e. The number of hydrogen-bond acceptors (Lipinski definition) is 1. The molecular weight excluding hydrogens is 110 g/mol. The van der Waals surface area contributed by atoms with E-state index in [9.17, 15) is 0 Å². The molecule has 0 aliphatic rings. The van der Waals surface area contributed by atoms with Crippen molar-refractivity contribution in [2.45, 2.75) is 46.6 Å². The molecule has 0 spiro atoms. The van der Waals surface area contributed by atoms with Gasteiger partial charge in [-0.15, -0.1) is 0 Å². The maximum atomic E-state index is 4.43. The standard InChI is InChI=1S/C8H17N/c1-5-7(3)9-8(4)6-2/h7H,5-6H2,1-4H3/b9-8-. The zero-order chi connectivity index (χ0) is 7.28. The number of rotatable bonds is 3. The predicted octanol–water partition coefficient (Wildman–Crippen LogP) is 2.66. The first-order valence-corrected chi connectivity index (χ1v) is 3.74. The van der Waals surface area contributed by atoms with Crippen molar-refractivity contribution < 1.29 is 0 Å². The molecule has 1 atom stereocenters. The summed E-state index contributed by atoms with van der Waals surface area (Å²) in [6.45, 7) is 8.55. The summed E-state index contributed by atoms with van der Waals surface area (Å²) in [6, 6.07) is 0.518. The van der Waals surface area contributed by atoms with Gasteiger partial charge >= 0.3 is 0 Å². The summed E-state index contributed by atoms with van der Waals surface area (Å²) >= 11 is 0. The molecule has 0 rings (SSSR count). The molecule has 0 fully saturated rings. The molecule has 0 heterocycles. The quantitative estimate of drug-likeness (QED) is 0.517. The molecule has 1 heteroatoms. The maximum Gasteiger partial charge on any atom is 0.0468 e. The summed E-state index contributed by atoms with van der Waals surface area (Å²) in [5.74, 6) is 0. The summed E-state index contributed by atoms with van der Waals surface area (Å²) in [5, 5.41) is 0. The molecule has 0 saturated heterocycles. The molecule has 54 valence electrons. The van der Waals surface area contributed by atoms with E-state index in [-0.39, 0.29) is 0 Å². The first-order valence-electron chi connectivity index (χ1n) is 3.74. The zero-order valence-corrected chi connectivity index (χ0v) is 6.94.